The van der Waals surface area contributed by atoms with Gasteiger partial charge in [0, 0.05) is 32.7 Å². The van der Waals surface area contributed by atoms with Crippen LogP contribution < -0.4 is 0 Å². The Kier molecular flexibility index (Phi) is 7.21. The highest BCUT2D eigenvalue weighted by Gasteiger charge is 2.27. The molecule has 0 radical (unpaired) electrons. The van der Waals surface area contributed by atoms with E-state index in [9.17, 15) is 13.2 Å². The Balaban J connectivity index is 1.51. The number of sulfonamides is 1. The molecule has 0 N–H and O–H groups in total. The van der Waals surface area contributed by atoms with Gasteiger partial charge in [-0.25, -0.2) is 17.5 Å². The molecule has 0 spiro atoms. The molecule has 1 aliphatic rings. The van der Waals surface area contributed by atoms with E-state index in [1.54, 1.807) is 17.0 Å². The molecule has 0 aliphatic carbocycles. The molecule has 1 fully saturated rings. The van der Waals surface area contributed by atoms with Gasteiger partial charge in [0.05, 0.1) is 11.0 Å². The van der Waals surface area contributed by atoms with Gasteiger partial charge in [-0.15, -0.1) is 0 Å². The third-order valence-electron chi connectivity index (χ3n) is 4.89. The van der Waals surface area contributed by atoms with E-state index in [-0.39, 0.29) is 29.6 Å². The lowest BCUT2D eigenvalue weighted by molar-refractivity contribution is -0.0190. The fourth-order valence-corrected chi connectivity index (χ4v) is 4.04. The highest BCUT2D eigenvalue weighted by molar-refractivity contribution is 7.89. The zero-order valence-electron chi connectivity index (χ0n) is 19.1. The standard InChI is InChI=1S/C21H30N4O6S/c1-21(2,3)30-20(26)25-12-10-16(11-13-25)29-14-18-22-19(31-23-18)15-6-8-17(9-7-15)32(27,28)24(4)5/h6-9,16H,10-14H2,1-5H3. The van der Waals surface area contributed by atoms with Crippen molar-refractivity contribution in [3.63, 3.8) is 0 Å². The lowest BCUT2D eigenvalue weighted by Gasteiger charge is -2.33. The molecule has 1 aliphatic heterocycles. The molecule has 10 nitrogen and oxygen atoms in total. The molecule has 0 bridgehead atoms. The molecule has 2 aromatic rings. The zero-order chi connectivity index (χ0) is 23.5. The predicted molar refractivity (Wildman–Crippen MR) is 116 cm³/mol. The Labute approximate surface area is 188 Å². The molecule has 32 heavy (non-hydrogen) atoms. The van der Waals surface area contributed by atoms with Crippen molar-refractivity contribution in [1.82, 2.24) is 19.3 Å². The molecule has 0 unspecified atom stereocenters. The van der Waals surface area contributed by atoms with Crippen LogP contribution in [0.2, 0.25) is 0 Å². The van der Waals surface area contributed by atoms with E-state index in [0.717, 1.165) is 4.31 Å². The number of piperidine rings is 1. The minimum atomic E-state index is -3.50. The number of amides is 1. The van der Waals surface area contributed by atoms with Gasteiger partial charge in [-0.1, -0.05) is 5.16 Å². The maximum Gasteiger partial charge on any atom is 0.410 e. The van der Waals surface area contributed by atoms with E-state index in [4.69, 9.17) is 14.0 Å². The zero-order valence-corrected chi connectivity index (χ0v) is 19.9. The summed E-state index contributed by atoms with van der Waals surface area (Å²) in [5, 5.41) is 3.94. The van der Waals surface area contributed by atoms with Gasteiger partial charge in [-0.3, -0.25) is 0 Å². The summed E-state index contributed by atoms with van der Waals surface area (Å²) in [7, 11) is -0.534. The Morgan fingerprint density at radius 2 is 1.81 bits per heavy atom. The van der Waals surface area contributed by atoms with E-state index in [1.807, 2.05) is 20.8 Å². The first-order chi connectivity index (χ1) is 15.0. The normalized spacial score (nSPS) is 15.9. The van der Waals surface area contributed by atoms with Crippen LogP contribution in [0, 0.1) is 0 Å². The first-order valence-corrected chi connectivity index (χ1v) is 11.8. The average molecular weight is 467 g/mol. The van der Waals surface area contributed by atoms with Crippen molar-refractivity contribution in [3.05, 3.63) is 30.1 Å². The fraction of sp³-hybridized carbons (Fsp3) is 0.571. The minimum absolute atomic E-state index is 0.00818. The number of carbonyl (C=O) groups is 1. The number of carbonyl (C=O) groups excluding carboxylic acids is 1. The summed E-state index contributed by atoms with van der Waals surface area (Å²) in [4.78, 5) is 18.3. The van der Waals surface area contributed by atoms with Crippen LogP contribution in [0.5, 0.6) is 0 Å². The molecule has 3 rings (SSSR count). The second-order valence-corrected chi connectivity index (χ2v) is 11.0. The molecule has 1 saturated heterocycles. The van der Waals surface area contributed by atoms with Gasteiger partial charge in [-0.2, -0.15) is 4.98 Å². The molecule has 1 aromatic carbocycles. The molecule has 0 atom stereocenters. The Morgan fingerprint density at radius 1 is 1.19 bits per heavy atom. The summed E-state index contributed by atoms with van der Waals surface area (Å²) >= 11 is 0. The van der Waals surface area contributed by atoms with Crippen molar-refractivity contribution >= 4 is 16.1 Å². The van der Waals surface area contributed by atoms with Crippen LogP contribution in [0.25, 0.3) is 11.5 Å². The van der Waals surface area contributed by atoms with Crippen LogP contribution in [0.3, 0.4) is 0 Å². The van der Waals surface area contributed by atoms with Crippen LogP contribution in [0.4, 0.5) is 4.79 Å². The second-order valence-electron chi connectivity index (χ2n) is 8.81. The largest absolute Gasteiger partial charge is 0.444 e. The number of nitrogens with zero attached hydrogens (tertiary/aromatic N) is 4. The molecule has 0 saturated carbocycles. The van der Waals surface area contributed by atoms with Gasteiger partial charge in [0.1, 0.15) is 12.2 Å². The van der Waals surface area contributed by atoms with Gasteiger partial charge >= 0.3 is 6.09 Å². The summed E-state index contributed by atoms with van der Waals surface area (Å²) in [5.41, 5.74) is 0.105. The van der Waals surface area contributed by atoms with E-state index in [1.165, 1.54) is 26.2 Å². The molecular formula is C21H30N4O6S. The first-order valence-electron chi connectivity index (χ1n) is 10.4. The van der Waals surface area contributed by atoms with Gasteiger partial charge in [0.25, 0.3) is 5.89 Å². The van der Waals surface area contributed by atoms with E-state index >= 15 is 0 Å². The second kappa shape index (κ2) is 9.55. The lowest BCUT2D eigenvalue weighted by atomic mass is 10.1. The summed E-state index contributed by atoms with van der Waals surface area (Å²) in [6.07, 6.45) is 1.09. The molecule has 2 heterocycles. The van der Waals surface area contributed by atoms with Crippen molar-refractivity contribution < 1.29 is 27.2 Å². The number of rotatable bonds is 6. The summed E-state index contributed by atoms with van der Waals surface area (Å²) < 4.78 is 42.1. The van der Waals surface area contributed by atoms with Crippen molar-refractivity contribution in [3.8, 4) is 11.5 Å². The van der Waals surface area contributed by atoms with E-state index < -0.39 is 15.6 Å². The fourth-order valence-electron chi connectivity index (χ4n) is 3.13. The van der Waals surface area contributed by atoms with Crippen molar-refractivity contribution in [2.45, 2.75) is 56.8 Å². The monoisotopic (exact) mass is 466 g/mol. The quantitative estimate of drug-likeness (QED) is 0.638. The Morgan fingerprint density at radius 3 is 2.38 bits per heavy atom. The number of likely N-dealkylation sites (tertiary alicyclic amines) is 1. The Bertz CT molecular complexity index is 1020. The van der Waals surface area contributed by atoms with Gasteiger partial charge in [0.2, 0.25) is 10.0 Å². The minimum Gasteiger partial charge on any atom is -0.444 e. The maximum absolute atomic E-state index is 12.2. The number of aromatic nitrogens is 2. The number of hydrogen-bond donors (Lipinski definition) is 0. The van der Waals surface area contributed by atoms with Gasteiger partial charge in [0.15, 0.2) is 5.82 Å². The van der Waals surface area contributed by atoms with E-state index in [2.05, 4.69) is 10.1 Å². The molecular weight excluding hydrogens is 436 g/mol. The van der Waals surface area contributed by atoms with Gasteiger partial charge < -0.3 is 18.9 Å². The molecule has 1 aromatic heterocycles. The molecule has 11 heteroatoms. The van der Waals surface area contributed by atoms with Crippen molar-refractivity contribution in [2.24, 2.45) is 0 Å². The summed E-state index contributed by atoms with van der Waals surface area (Å²) in [6.45, 7) is 6.87. The third-order valence-corrected chi connectivity index (χ3v) is 6.72. The number of benzene rings is 1. The van der Waals surface area contributed by atoms with Crippen LogP contribution in [0.1, 0.15) is 39.4 Å². The predicted octanol–water partition coefficient (Wildman–Crippen LogP) is 2.90. The van der Waals surface area contributed by atoms with Crippen LogP contribution >= 0.6 is 0 Å². The van der Waals surface area contributed by atoms with E-state index in [0.29, 0.717) is 37.3 Å². The van der Waals surface area contributed by atoms with Crippen LogP contribution in [-0.2, 0) is 26.1 Å². The topological polar surface area (TPSA) is 115 Å². The number of ether oxygens (including phenoxy) is 2. The van der Waals surface area contributed by atoms with Crippen molar-refractivity contribution in [2.75, 3.05) is 27.2 Å². The Hall–Kier alpha value is -2.50. The van der Waals surface area contributed by atoms with Crippen LogP contribution in [0.15, 0.2) is 33.7 Å². The SMILES string of the molecule is CN(C)S(=O)(=O)c1ccc(-c2nc(COC3CCN(C(=O)OC(C)(C)C)CC3)no2)cc1. The third kappa shape index (κ3) is 6.05. The molecule has 1 amide bonds. The summed E-state index contributed by atoms with van der Waals surface area (Å²) in [5.74, 6) is 0.691. The highest BCUT2D eigenvalue weighted by Crippen LogP contribution is 2.22. The average Bonchev–Trinajstić information content (AvgIpc) is 3.20. The molecule has 176 valence electrons. The first kappa shape index (κ1) is 24.1. The van der Waals surface area contributed by atoms with Crippen LogP contribution in [-0.4, -0.2) is 72.7 Å². The smallest absolute Gasteiger partial charge is 0.410 e. The summed E-state index contributed by atoms with van der Waals surface area (Å²) in [6, 6.07) is 6.26. The van der Waals surface area contributed by atoms with Crippen molar-refractivity contribution in [1.29, 1.82) is 0 Å². The highest BCUT2D eigenvalue weighted by atomic mass is 32.2. The number of hydrogen-bond acceptors (Lipinski definition) is 8. The lowest BCUT2D eigenvalue weighted by Crippen LogP contribution is -2.43. The van der Waals surface area contributed by atoms with Gasteiger partial charge in [-0.05, 0) is 57.9 Å². The maximum atomic E-state index is 12.2.